The number of hydrogen-bond donors (Lipinski definition) is 0. The number of benzene rings is 1. The Morgan fingerprint density at radius 2 is 2.04 bits per heavy atom. The van der Waals surface area contributed by atoms with E-state index in [1.165, 1.54) is 0 Å². The zero-order valence-electron chi connectivity index (χ0n) is 14.5. The first-order chi connectivity index (χ1) is 11.9. The lowest BCUT2D eigenvalue weighted by Gasteiger charge is -2.24. The van der Waals surface area contributed by atoms with Gasteiger partial charge in [-0.25, -0.2) is 0 Å². The van der Waals surface area contributed by atoms with Crippen LogP contribution in [0.25, 0.3) is 10.9 Å². The van der Waals surface area contributed by atoms with Crippen LogP contribution < -0.4 is 4.89 Å². The number of carbonyl (C=O) groups excluding carboxylic acids is 1. The number of pyridine rings is 1. The molecule has 0 bridgehead atoms. The summed E-state index contributed by atoms with van der Waals surface area (Å²) in [5.74, 6) is 0.0980. The minimum Gasteiger partial charge on any atom is -0.756 e. The molecule has 136 valence electrons. The Hall–Kier alpha value is -1.59. The van der Waals surface area contributed by atoms with Crippen molar-refractivity contribution < 1.29 is 23.3 Å². The van der Waals surface area contributed by atoms with Gasteiger partial charge in [-0.3, -0.25) is 14.3 Å². The molecule has 0 saturated heterocycles. The Morgan fingerprint density at radius 1 is 1.28 bits per heavy atom. The number of para-hydroxylation sites is 1. The highest BCUT2D eigenvalue weighted by Crippen LogP contribution is 2.39. The third-order valence-corrected chi connectivity index (χ3v) is 4.67. The molecule has 7 heteroatoms. The second-order valence-electron chi connectivity index (χ2n) is 6.14. The summed E-state index contributed by atoms with van der Waals surface area (Å²) in [6.45, 7) is 3.26. The number of ketones is 1. The molecule has 1 atom stereocenters. The predicted molar refractivity (Wildman–Crippen MR) is 94.1 cm³/mol. The van der Waals surface area contributed by atoms with Crippen LogP contribution in [0.5, 0.6) is 0 Å². The minimum absolute atomic E-state index is 0.0261. The molecule has 1 unspecified atom stereocenters. The van der Waals surface area contributed by atoms with E-state index in [1.54, 1.807) is 20.0 Å². The maximum absolute atomic E-state index is 12.0. The van der Waals surface area contributed by atoms with Gasteiger partial charge in [-0.2, -0.15) is 0 Å². The molecule has 0 N–H and O–H groups in total. The third kappa shape index (κ3) is 7.04. The zero-order chi connectivity index (χ0) is 18.3. The van der Waals surface area contributed by atoms with Gasteiger partial charge in [-0.05, 0) is 44.4 Å². The lowest BCUT2D eigenvalue weighted by Crippen LogP contribution is -2.13. The largest absolute Gasteiger partial charge is 0.756 e. The lowest BCUT2D eigenvalue weighted by atomic mass is 10.0. The fraction of sp³-hybridized carbons (Fsp3) is 0.444. The fourth-order valence-electron chi connectivity index (χ4n) is 2.42. The van der Waals surface area contributed by atoms with E-state index in [0.717, 1.165) is 16.5 Å². The second-order valence-corrected chi connectivity index (χ2v) is 7.51. The monoisotopic (exact) mass is 364 g/mol. The van der Waals surface area contributed by atoms with Crippen LogP contribution in [0.2, 0.25) is 0 Å². The highest BCUT2D eigenvalue weighted by atomic mass is 31.2. The normalized spacial score (nSPS) is 13.9. The predicted octanol–water partition coefficient (Wildman–Crippen LogP) is 3.43. The van der Waals surface area contributed by atoms with E-state index in [4.69, 9.17) is 4.52 Å². The zero-order valence-corrected chi connectivity index (χ0v) is 15.4. The summed E-state index contributed by atoms with van der Waals surface area (Å²) in [6, 6.07) is 9.73. The van der Waals surface area contributed by atoms with Crippen molar-refractivity contribution in [3.63, 3.8) is 0 Å². The molecule has 1 aromatic carbocycles. The maximum Gasteiger partial charge on any atom is 0.268 e. The number of unbranched alkanes of at least 4 members (excludes halogenated alkanes) is 1. The summed E-state index contributed by atoms with van der Waals surface area (Å²) in [7, 11) is -4.23. The summed E-state index contributed by atoms with van der Waals surface area (Å²) in [5, 5.41) is 1.01. The molecule has 2 aromatic rings. The molecule has 0 fully saturated rings. The van der Waals surface area contributed by atoms with Crippen molar-refractivity contribution in [2.75, 3.05) is 6.61 Å². The van der Waals surface area contributed by atoms with E-state index in [9.17, 15) is 14.3 Å². The van der Waals surface area contributed by atoms with Gasteiger partial charge in [0.05, 0.1) is 18.2 Å². The molecule has 0 aliphatic heterocycles. The number of fused-ring (bicyclic) bond motifs is 1. The van der Waals surface area contributed by atoms with Crippen LogP contribution in [0.3, 0.4) is 0 Å². The van der Waals surface area contributed by atoms with Gasteiger partial charge < -0.3 is 13.9 Å². The Labute approximate surface area is 147 Å². The molecular formula is C18H23NO5P-. The van der Waals surface area contributed by atoms with E-state index in [0.29, 0.717) is 25.7 Å². The Balaban J connectivity index is 1.71. The number of nitrogens with zero attached hydrogens (tertiary/aromatic N) is 1. The van der Waals surface area contributed by atoms with Gasteiger partial charge in [-0.15, -0.1) is 0 Å². The molecule has 0 spiro atoms. The average Bonchev–Trinajstić information content (AvgIpc) is 2.53. The first-order valence-corrected chi connectivity index (χ1v) is 9.81. The van der Waals surface area contributed by atoms with Crippen molar-refractivity contribution in [3.05, 3.63) is 42.1 Å². The number of Topliss-reactive ketones (excluding diaryl/α,β-unsaturated/α-hetero) is 1. The van der Waals surface area contributed by atoms with E-state index in [1.807, 2.05) is 30.3 Å². The van der Waals surface area contributed by atoms with Gasteiger partial charge in [0.15, 0.2) is 0 Å². The molecule has 6 nitrogen and oxygen atoms in total. The number of carbonyl (C=O) groups is 1. The minimum atomic E-state index is -4.23. The van der Waals surface area contributed by atoms with Crippen molar-refractivity contribution in [1.82, 2.24) is 4.98 Å². The van der Waals surface area contributed by atoms with Gasteiger partial charge >= 0.3 is 0 Å². The maximum atomic E-state index is 12.0. The average molecular weight is 364 g/mol. The summed E-state index contributed by atoms with van der Waals surface area (Å²) in [6.07, 6.45) is 3.04. The molecule has 0 aliphatic rings. The van der Waals surface area contributed by atoms with Gasteiger partial charge in [0.1, 0.15) is 5.78 Å². The van der Waals surface area contributed by atoms with Gasteiger partial charge in [0, 0.05) is 24.4 Å². The standard InChI is InChI=1S/C18H24NO5P/c1-14(2)24-25(21,22)23-10-6-5-8-17(20)12-15-11-16-7-3-4-9-18(16)19-13-15/h3-4,7,9,11,13-14H,5-6,8,10,12H2,1-2H3,(H,21,22)/p-1. The highest BCUT2D eigenvalue weighted by molar-refractivity contribution is 7.45. The molecule has 25 heavy (non-hydrogen) atoms. The Kier molecular flexibility index (Phi) is 7.26. The molecule has 0 aliphatic carbocycles. The second kappa shape index (κ2) is 9.20. The number of hydrogen-bond acceptors (Lipinski definition) is 6. The van der Waals surface area contributed by atoms with E-state index < -0.39 is 13.9 Å². The number of rotatable bonds is 10. The first kappa shape index (κ1) is 19.7. The summed E-state index contributed by atoms with van der Waals surface area (Å²) < 4.78 is 20.8. The lowest BCUT2D eigenvalue weighted by molar-refractivity contribution is -0.228. The number of phosphoric acid groups is 1. The van der Waals surface area contributed by atoms with Gasteiger partial charge in [0.2, 0.25) is 0 Å². The third-order valence-electron chi connectivity index (χ3n) is 3.49. The van der Waals surface area contributed by atoms with Crippen molar-refractivity contribution in [2.45, 2.75) is 45.6 Å². The number of phosphoric ester groups is 1. The topological polar surface area (TPSA) is 88.5 Å². The van der Waals surface area contributed by atoms with Crippen LogP contribution in [-0.4, -0.2) is 23.5 Å². The highest BCUT2D eigenvalue weighted by Gasteiger charge is 2.11. The van der Waals surface area contributed by atoms with E-state index in [2.05, 4.69) is 9.51 Å². The molecule has 0 saturated carbocycles. The Bertz CT molecular complexity index is 762. The van der Waals surface area contributed by atoms with Crippen molar-refractivity contribution in [1.29, 1.82) is 0 Å². The van der Waals surface area contributed by atoms with Crippen molar-refractivity contribution in [2.24, 2.45) is 0 Å². The SMILES string of the molecule is CC(C)OP(=O)([O-])OCCCCC(=O)Cc1cnc2ccccc2c1. The quantitative estimate of drug-likeness (QED) is 0.474. The van der Waals surface area contributed by atoms with Crippen LogP contribution in [0.15, 0.2) is 36.5 Å². The van der Waals surface area contributed by atoms with Crippen molar-refractivity contribution >= 4 is 24.5 Å². The Morgan fingerprint density at radius 3 is 2.80 bits per heavy atom. The molecule has 2 rings (SSSR count). The van der Waals surface area contributed by atoms with Crippen LogP contribution in [0, 0.1) is 0 Å². The molecular weight excluding hydrogens is 341 g/mol. The molecule has 0 radical (unpaired) electrons. The van der Waals surface area contributed by atoms with Crippen LogP contribution in [0.1, 0.15) is 38.7 Å². The summed E-state index contributed by atoms with van der Waals surface area (Å²) in [4.78, 5) is 27.8. The van der Waals surface area contributed by atoms with Crippen LogP contribution >= 0.6 is 7.82 Å². The van der Waals surface area contributed by atoms with E-state index in [-0.39, 0.29) is 12.4 Å². The summed E-state index contributed by atoms with van der Waals surface area (Å²) >= 11 is 0. The van der Waals surface area contributed by atoms with Gasteiger partial charge in [-0.1, -0.05) is 18.2 Å². The first-order valence-electron chi connectivity index (χ1n) is 8.35. The summed E-state index contributed by atoms with van der Waals surface area (Å²) in [5.41, 5.74) is 1.79. The van der Waals surface area contributed by atoms with Crippen molar-refractivity contribution in [3.8, 4) is 0 Å². The number of aromatic nitrogens is 1. The fourth-order valence-corrected chi connectivity index (χ4v) is 3.35. The smallest absolute Gasteiger partial charge is 0.268 e. The van der Waals surface area contributed by atoms with Crippen LogP contribution in [0.4, 0.5) is 0 Å². The van der Waals surface area contributed by atoms with Crippen LogP contribution in [-0.2, 0) is 24.8 Å². The molecule has 0 amide bonds. The van der Waals surface area contributed by atoms with Gasteiger partial charge in [0.25, 0.3) is 7.82 Å². The molecule has 1 heterocycles. The van der Waals surface area contributed by atoms with E-state index >= 15 is 0 Å². The molecule has 1 aromatic heterocycles.